The minimum Gasteiger partial charge on any atom is -0.343 e. The Balaban J connectivity index is 2.11. The monoisotopic (exact) mass is 317 g/mol. The molecule has 17 heavy (non-hydrogen) atoms. The first kappa shape index (κ1) is 13.0. The predicted molar refractivity (Wildman–Crippen MR) is 73.0 cm³/mol. The Morgan fingerprint density at radius 3 is 2.88 bits per heavy atom. The minimum absolute atomic E-state index is 0.156. The number of rotatable bonds is 3. The maximum absolute atomic E-state index is 11.7. The van der Waals surface area contributed by atoms with Gasteiger partial charge in [0.25, 0.3) is 0 Å². The second kappa shape index (κ2) is 5.48. The zero-order chi connectivity index (χ0) is 12.4. The molecule has 4 nitrogen and oxygen atoms in total. The molecule has 0 spiro atoms. The fourth-order valence-electron chi connectivity index (χ4n) is 1.99. The molecule has 1 atom stereocenters. The maximum atomic E-state index is 11.7. The summed E-state index contributed by atoms with van der Waals surface area (Å²) in [6.45, 7) is 2.68. The molecule has 1 fully saturated rings. The van der Waals surface area contributed by atoms with E-state index in [0.717, 1.165) is 17.6 Å². The summed E-state index contributed by atoms with van der Waals surface area (Å²) in [5.74, 6) is 0.172. The van der Waals surface area contributed by atoms with Crippen molar-refractivity contribution in [2.24, 2.45) is 5.73 Å². The first-order valence-corrected chi connectivity index (χ1v) is 7.21. The van der Waals surface area contributed by atoms with Crippen molar-refractivity contribution in [1.82, 2.24) is 9.80 Å². The Bertz CT molecular complexity index is 409. The number of carbonyl (C=O) groups excluding carboxylic acids is 1. The van der Waals surface area contributed by atoms with E-state index < -0.39 is 0 Å². The molecule has 2 heterocycles. The normalized spacial score (nSPS) is 19.7. The smallest absolute Gasteiger partial charge is 0.236 e. The summed E-state index contributed by atoms with van der Waals surface area (Å²) in [5, 5.41) is 2.05. The molecule has 1 unspecified atom stereocenters. The molecule has 2 rings (SSSR count). The van der Waals surface area contributed by atoms with Gasteiger partial charge in [-0.1, -0.05) is 0 Å². The number of amides is 1. The minimum atomic E-state index is 0.156. The van der Waals surface area contributed by atoms with E-state index in [1.165, 1.54) is 4.88 Å². The summed E-state index contributed by atoms with van der Waals surface area (Å²) >= 11 is 5.14. The van der Waals surface area contributed by atoms with Gasteiger partial charge in [-0.25, -0.2) is 0 Å². The zero-order valence-corrected chi connectivity index (χ0v) is 12.1. The lowest BCUT2D eigenvalue weighted by Gasteiger charge is -2.36. The first-order chi connectivity index (χ1) is 8.11. The van der Waals surface area contributed by atoms with Crippen molar-refractivity contribution >= 4 is 33.2 Å². The molecule has 1 aliphatic heterocycles. The Labute approximate surface area is 114 Å². The van der Waals surface area contributed by atoms with Crippen molar-refractivity contribution in [3.8, 4) is 0 Å². The second-order valence-corrected chi connectivity index (χ2v) is 6.06. The zero-order valence-electron chi connectivity index (χ0n) is 9.73. The van der Waals surface area contributed by atoms with Gasteiger partial charge in [0.2, 0.25) is 5.91 Å². The summed E-state index contributed by atoms with van der Waals surface area (Å²) in [4.78, 5) is 16.9. The van der Waals surface area contributed by atoms with Crippen LogP contribution >= 0.6 is 27.3 Å². The van der Waals surface area contributed by atoms with Gasteiger partial charge in [-0.2, -0.15) is 0 Å². The van der Waals surface area contributed by atoms with Crippen LogP contribution in [0.25, 0.3) is 0 Å². The van der Waals surface area contributed by atoms with E-state index in [9.17, 15) is 4.79 Å². The summed E-state index contributed by atoms with van der Waals surface area (Å²) in [5.41, 5.74) is 5.85. The Morgan fingerprint density at radius 1 is 1.59 bits per heavy atom. The summed E-state index contributed by atoms with van der Waals surface area (Å²) in [6, 6.07) is 2.24. The van der Waals surface area contributed by atoms with Gasteiger partial charge < -0.3 is 10.6 Å². The van der Waals surface area contributed by atoms with Crippen LogP contribution in [0.1, 0.15) is 10.9 Å². The van der Waals surface area contributed by atoms with E-state index in [1.54, 1.807) is 16.2 Å². The standard InChI is InChI=1S/C11H16BrN3OS/c1-14-2-3-15(6-11(14)16)9(5-13)10-4-8(12)7-17-10/h4,7,9H,2-3,5-6,13H2,1H3. The van der Waals surface area contributed by atoms with E-state index in [1.807, 2.05) is 7.05 Å². The molecule has 94 valence electrons. The van der Waals surface area contributed by atoms with Crippen molar-refractivity contribution < 1.29 is 4.79 Å². The van der Waals surface area contributed by atoms with E-state index in [-0.39, 0.29) is 11.9 Å². The average Bonchev–Trinajstić information content (AvgIpc) is 2.71. The first-order valence-electron chi connectivity index (χ1n) is 5.54. The number of carbonyl (C=O) groups is 1. The van der Waals surface area contributed by atoms with Crippen LogP contribution in [0.3, 0.4) is 0 Å². The van der Waals surface area contributed by atoms with Crippen LogP contribution in [0.4, 0.5) is 0 Å². The summed E-state index contributed by atoms with van der Waals surface area (Å²) in [7, 11) is 1.85. The quantitative estimate of drug-likeness (QED) is 0.913. The third-order valence-electron chi connectivity index (χ3n) is 3.07. The molecule has 2 N–H and O–H groups in total. The molecule has 1 saturated heterocycles. The molecule has 0 bridgehead atoms. The highest BCUT2D eigenvalue weighted by Gasteiger charge is 2.27. The number of piperazine rings is 1. The van der Waals surface area contributed by atoms with Crippen LogP contribution in [0, 0.1) is 0 Å². The number of likely N-dealkylation sites (N-methyl/N-ethyl adjacent to an activating group) is 1. The Morgan fingerprint density at radius 2 is 2.35 bits per heavy atom. The van der Waals surface area contributed by atoms with Gasteiger partial charge in [0.1, 0.15) is 0 Å². The van der Waals surface area contributed by atoms with Crippen LogP contribution in [0.2, 0.25) is 0 Å². The van der Waals surface area contributed by atoms with Gasteiger partial charge in [0.05, 0.1) is 12.6 Å². The third kappa shape index (κ3) is 2.88. The molecular formula is C11H16BrN3OS. The number of nitrogens with two attached hydrogens (primary N) is 1. The molecular weight excluding hydrogens is 302 g/mol. The van der Waals surface area contributed by atoms with Crippen molar-refractivity contribution in [1.29, 1.82) is 0 Å². The molecule has 1 aliphatic rings. The van der Waals surface area contributed by atoms with Crippen molar-refractivity contribution in [3.05, 3.63) is 20.8 Å². The van der Waals surface area contributed by atoms with Crippen LogP contribution < -0.4 is 5.73 Å². The molecule has 0 radical (unpaired) electrons. The largest absolute Gasteiger partial charge is 0.343 e. The number of thiophene rings is 1. The van der Waals surface area contributed by atoms with Gasteiger partial charge in [-0.15, -0.1) is 11.3 Å². The summed E-state index contributed by atoms with van der Waals surface area (Å²) < 4.78 is 1.08. The van der Waals surface area contributed by atoms with E-state index in [2.05, 4.69) is 32.3 Å². The predicted octanol–water partition coefficient (Wildman–Crippen LogP) is 1.28. The number of hydrogen-bond acceptors (Lipinski definition) is 4. The lowest BCUT2D eigenvalue weighted by atomic mass is 10.1. The highest BCUT2D eigenvalue weighted by Crippen LogP contribution is 2.29. The molecule has 0 saturated carbocycles. The van der Waals surface area contributed by atoms with Crippen LogP contribution in [-0.2, 0) is 4.79 Å². The van der Waals surface area contributed by atoms with E-state index in [0.29, 0.717) is 13.1 Å². The van der Waals surface area contributed by atoms with Crippen molar-refractivity contribution in [2.75, 3.05) is 33.2 Å². The molecule has 1 aromatic rings. The van der Waals surface area contributed by atoms with Gasteiger partial charge in [-0.3, -0.25) is 9.69 Å². The molecule has 0 aliphatic carbocycles. The van der Waals surface area contributed by atoms with Crippen LogP contribution in [-0.4, -0.2) is 48.9 Å². The fraction of sp³-hybridized carbons (Fsp3) is 0.545. The van der Waals surface area contributed by atoms with E-state index in [4.69, 9.17) is 5.73 Å². The topological polar surface area (TPSA) is 49.6 Å². The van der Waals surface area contributed by atoms with Gasteiger partial charge in [0.15, 0.2) is 0 Å². The number of halogens is 1. The molecule has 1 aromatic heterocycles. The molecule has 0 aromatic carbocycles. The second-order valence-electron chi connectivity index (χ2n) is 4.20. The molecule has 1 amide bonds. The molecule has 6 heteroatoms. The van der Waals surface area contributed by atoms with Gasteiger partial charge in [-0.05, 0) is 22.0 Å². The van der Waals surface area contributed by atoms with Crippen LogP contribution in [0.15, 0.2) is 15.9 Å². The maximum Gasteiger partial charge on any atom is 0.236 e. The Kier molecular flexibility index (Phi) is 4.19. The number of hydrogen-bond donors (Lipinski definition) is 1. The fourth-order valence-corrected chi connectivity index (χ4v) is 3.58. The SMILES string of the molecule is CN1CCN(C(CN)c2cc(Br)cs2)CC1=O. The van der Waals surface area contributed by atoms with Crippen molar-refractivity contribution in [2.45, 2.75) is 6.04 Å². The van der Waals surface area contributed by atoms with Crippen LogP contribution in [0.5, 0.6) is 0 Å². The average molecular weight is 318 g/mol. The highest BCUT2D eigenvalue weighted by atomic mass is 79.9. The highest BCUT2D eigenvalue weighted by molar-refractivity contribution is 9.10. The lowest BCUT2D eigenvalue weighted by molar-refractivity contribution is -0.135. The van der Waals surface area contributed by atoms with E-state index >= 15 is 0 Å². The van der Waals surface area contributed by atoms with Crippen molar-refractivity contribution in [3.63, 3.8) is 0 Å². The van der Waals surface area contributed by atoms with Gasteiger partial charge in [0, 0.05) is 41.4 Å². The number of nitrogens with zero attached hydrogens (tertiary/aromatic N) is 2. The summed E-state index contributed by atoms with van der Waals surface area (Å²) in [6.07, 6.45) is 0. The van der Waals surface area contributed by atoms with Gasteiger partial charge >= 0.3 is 0 Å². The Hall–Kier alpha value is -0.430. The third-order valence-corrected chi connectivity index (χ3v) is 4.86. The lowest BCUT2D eigenvalue weighted by Crippen LogP contribution is -2.50.